The van der Waals surface area contributed by atoms with Crippen molar-refractivity contribution >= 4 is 15.9 Å². The van der Waals surface area contributed by atoms with Crippen molar-refractivity contribution in [3.63, 3.8) is 0 Å². The predicted molar refractivity (Wildman–Crippen MR) is 57.6 cm³/mol. The van der Waals surface area contributed by atoms with Gasteiger partial charge in [-0.15, -0.1) is 0 Å². The smallest absolute Gasteiger partial charge is 0.0624 e. The van der Waals surface area contributed by atoms with Crippen molar-refractivity contribution in [2.75, 3.05) is 6.61 Å². The van der Waals surface area contributed by atoms with Crippen LogP contribution in [0.5, 0.6) is 0 Å². The SMILES string of the molecule is Cc1cc([C@H](N)CO)cc(C)c1Br. The van der Waals surface area contributed by atoms with Crippen LogP contribution >= 0.6 is 15.9 Å². The van der Waals surface area contributed by atoms with Crippen molar-refractivity contribution in [3.8, 4) is 0 Å². The highest BCUT2D eigenvalue weighted by atomic mass is 79.9. The van der Waals surface area contributed by atoms with Gasteiger partial charge in [-0.3, -0.25) is 0 Å². The molecule has 13 heavy (non-hydrogen) atoms. The van der Waals surface area contributed by atoms with Gasteiger partial charge in [0, 0.05) is 4.47 Å². The first kappa shape index (κ1) is 10.7. The van der Waals surface area contributed by atoms with Gasteiger partial charge >= 0.3 is 0 Å². The zero-order valence-corrected chi connectivity index (χ0v) is 9.43. The van der Waals surface area contributed by atoms with Gasteiger partial charge < -0.3 is 10.8 Å². The van der Waals surface area contributed by atoms with Crippen molar-refractivity contribution in [1.82, 2.24) is 0 Å². The van der Waals surface area contributed by atoms with E-state index in [9.17, 15) is 0 Å². The lowest BCUT2D eigenvalue weighted by molar-refractivity contribution is 0.268. The normalized spacial score (nSPS) is 13.0. The molecule has 0 heterocycles. The summed E-state index contributed by atoms with van der Waals surface area (Å²) in [6, 6.07) is 3.72. The fourth-order valence-corrected chi connectivity index (χ4v) is 1.53. The van der Waals surface area contributed by atoms with Gasteiger partial charge in [-0.25, -0.2) is 0 Å². The van der Waals surface area contributed by atoms with E-state index in [-0.39, 0.29) is 12.6 Å². The number of nitrogens with two attached hydrogens (primary N) is 1. The molecule has 0 fully saturated rings. The fourth-order valence-electron chi connectivity index (χ4n) is 1.30. The molecule has 1 aromatic carbocycles. The van der Waals surface area contributed by atoms with E-state index >= 15 is 0 Å². The third-order valence-corrected chi connectivity index (χ3v) is 3.33. The summed E-state index contributed by atoms with van der Waals surface area (Å²) in [6.07, 6.45) is 0. The Labute approximate surface area is 86.9 Å². The molecular weight excluding hydrogens is 230 g/mol. The van der Waals surface area contributed by atoms with E-state index in [0.717, 1.165) is 21.2 Å². The van der Waals surface area contributed by atoms with Crippen LogP contribution in [0.2, 0.25) is 0 Å². The van der Waals surface area contributed by atoms with Gasteiger partial charge in [0.25, 0.3) is 0 Å². The van der Waals surface area contributed by atoms with Gasteiger partial charge in [-0.05, 0) is 30.5 Å². The van der Waals surface area contributed by atoms with E-state index in [4.69, 9.17) is 10.8 Å². The average molecular weight is 244 g/mol. The number of aliphatic hydroxyl groups excluding tert-OH is 1. The highest BCUT2D eigenvalue weighted by molar-refractivity contribution is 9.10. The Bertz CT molecular complexity index is 289. The molecule has 0 aromatic heterocycles. The van der Waals surface area contributed by atoms with Crippen molar-refractivity contribution in [2.24, 2.45) is 5.73 Å². The molecule has 0 bridgehead atoms. The molecule has 3 N–H and O–H groups in total. The van der Waals surface area contributed by atoms with Crippen LogP contribution in [0.1, 0.15) is 22.7 Å². The lowest BCUT2D eigenvalue weighted by atomic mass is 10.0. The fraction of sp³-hybridized carbons (Fsp3) is 0.400. The van der Waals surface area contributed by atoms with E-state index < -0.39 is 0 Å². The van der Waals surface area contributed by atoms with Crippen LogP contribution in [0.3, 0.4) is 0 Å². The first-order valence-electron chi connectivity index (χ1n) is 4.19. The molecule has 2 nitrogen and oxygen atoms in total. The Morgan fingerprint density at radius 2 is 1.85 bits per heavy atom. The average Bonchev–Trinajstić information content (AvgIpc) is 2.12. The zero-order valence-electron chi connectivity index (χ0n) is 7.84. The van der Waals surface area contributed by atoms with Crippen molar-refractivity contribution in [1.29, 1.82) is 0 Å². The molecular formula is C10H14BrNO. The minimum atomic E-state index is -0.273. The van der Waals surface area contributed by atoms with Gasteiger partial charge in [0.2, 0.25) is 0 Å². The Balaban J connectivity index is 3.13. The molecule has 72 valence electrons. The maximum atomic E-state index is 8.90. The molecule has 0 aliphatic heterocycles. The van der Waals surface area contributed by atoms with Crippen LogP contribution in [-0.4, -0.2) is 11.7 Å². The second-order valence-corrected chi connectivity index (χ2v) is 4.05. The summed E-state index contributed by atoms with van der Waals surface area (Å²) in [7, 11) is 0. The number of benzene rings is 1. The number of hydrogen-bond acceptors (Lipinski definition) is 2. The number of halogens is 1. The van der Waals surface area contributed by atoms with Crippen LogP contribution < -0.4 is 5.73 Å². The predicted octanol–water partition coefficient (Wildman–Crippen LogP) is 2.06. The van der Waals surface area contributed by atoms with Crippen LogP contribution in [0.15, 0.2) is 16.6 Å². The summed E-state index contributed by atoms with van der Waals surface area (Å²) in [6.45, 7) is 4.02. The van der Waals surface area contributed by atoms with Crippen LogP contribution in [-0.2, 0) is 0 Å². The quantitative estimate of drug-likeness (QED) is 0.836. The summed E-state index contributed by atoms with van der Waals surface area (Å²) in [5.41, 5.74) is 9.01. The van der Waals surface area contributed by atoms with E-state index in [1.807, 2.05) is 26.0 Å². The van der Waals surface area contributed by atoms with Crippen molar-refractivity contribution < 1.29 is 5.11 Å². The molecule has 0 spiro atoms. The molecule has 0 aliphatic carbocycles. The van der Waals surface area contributed by atoms with Crippen molar-refractivity contribution in [3.05, 3.63) is 33.3 Å². The topological polar surface area (TPSA) is 46.2 Å². The molecule has 0 saturated carbocycles. The molecule has 0 saturated heterocycles. The zero-order chi connectivity index (χ0) is 10.0. The molecule has 0 unspecified atom stereocenters. The van der Waals surface area contributed by atoms with Gasteiger partial charge in [-0.2, -0.15) is 0 Å². The monoisotopic (exact) mass is 243 g/mol. The number of hydrogen-bond donors (Lipinski definition) is 2. The first-order chi connectivity index (χ1) is 6.06. The highest BCUT2D eigenvalue weighted by Crippen LogP contribution is 2.24. The summed E-state index contributed by atoms with van der Waals surface area (Å²) < 4.78 is 1.11. The van der Waals surface area contributed by atoms with E-state index in [2.05, 4.69) is 15.9 Å². The molecule has 1 rings (SSSR count). The summed E-state index contributed by atoms with van der Waals surface area (Å²) >= 11 is 3.48. The molecule has 0 amide bonds. The molecule has 3 heteroatoms. The second-order valence-electron chi connectivity index (χ2n) is 3.26. The van der Waals surface area contributed by atoms with Crippen LogP contribution in [0.25, 0.3) is 0 Å². The number of aliphatic hydroxyl groups is 1. The standard InChI is InChI=1S/C10H14BrNO/c1-6-3-8(9(12)5-13)4-7(2)10(6)11/h3-4,9,13H,5,12H2,1-2H3/t9-/m1/s1. The minimum Gasteiger partial charge on any atom is -0.394 e. The van der Waals surface area contributed by atoms with Gasteiger partial charge in [0.1, 0.15) is 0 Å². The van der Waals surface area contributed by atoms with Gasteiger partial charge in [-0.1, -0.05) is 28.1 Å². The summed E-state index contributed by atoms with van der Waals surface area (Å²) in [5, 5.41) is 8.90. The number of rotatable bonds is 2. The molecule has 0 radical (unpaired) electrons. The highest BCUT2D eigenvalue weighted by Gasteiger charge is 2.07. The van der Waals surface area contributed by atoms with E-state index in [0.29, 0.717) is 0 Å². The Hall–Kier alpha value is -0.380. The van der Waals surface area contributed by atoms with E-state index in [1.54, 1.807) is 0 Å². The second kappa shape index (κ2) is 4.22. The van der Waals surface area contributed by atoms with Crippen LogP contribution in [0.4, 0.5) is 0 Å². The van der Waals surface area contributed by atoms with E-state index in [1.165, 1.54) is 0 Å². The lowest BCUT2D eigenvalue weighted by Gasteiger charge is -2.12. The summed E-state index contributed by atoms with van der Waals surface area (Å²) in [5.74, 6) is 0. The first-order valence-corrected chi connectivity index (χ1v) is 4.98. The Kier molecular flexibility index (Phi) is 3.47. The Morgan fingerprint density at radius 3 is 2.23 bits per heavy atom. The molecule has 1 aromatic rings. The van der Waals surface area contributed by atoms with Crippen LogP contribution in [0, 0.1) is 13.8 Å². The molecule has 1 atom stereocenters. The lowest BCUT2D eigenvalue weighted by Crippen LogP contribution is -2.14. The minimum absolute atomic E-state index is 0.0134. The van der Waals surface area contributed by atoms with Gasteiger partial charge in [0.15, 0.2) is 0 Å². The molecule has 0 aliphatic rings. The third kappa shape index (κ3) is 2.30. The van der Waals surface area contributed by atoms with Crippen molar-refractivity contribution in [2.45, 2.75) is 19.9 Å². The third-order valence-electron chi connectivity index (χ3n) is 2.08. The largest absolute Gasteiger partial charge is 0.394 e. The maximum absolute atomic E-state index is 8.90. The van der Waals surface area contributed by atoms with Gasteiger partial charge in [0.05, 0.1) is 12.6 Å². The summed E-state index contributed by atoms with van der Waals surface area (Å²) in [4.78, 5) is 0. The maximum Gasteiger partial charge on any atom is 0.0624 e. The Morgan fingerprint density at radius 1 is 1.38 bits per heavy atom. The number of aryl methyl sites for hydroxylation is 2.